The van der Waals surface area contributed by atoms with Gasteiger partial charge in [-0.05, 0) is 19.9 Å². The van der Waals surface area contributed by atoms with E-state index in [2.05, 4.69) is 46.1 Å². The summed E-state index contributed by atoms with van der Waals surface area (Å²) in [6.07, 6.45) is 3.02. The summed E-state index contributed by atoms with van der Waals surface area (Å²) in [7, 11) is 2.16. The van der Waals surface area contributed by atoms with Gasteiger partial charge < -0.3 is 10.2 Å². The van der Waals surface area contributed by atoms with Gasteiger partial charge in [-0.25, -0.2) is 9.67 Å². The summed E-state index contributed by atoms with van der Waals surface area (Å²) in [5.74, 6) is 0.496. The molecule has 1 fully saturated rings. The van der Waals surface area contributed by atoms with Gasteiger partial charge in [0.05, 0.1) is 0 Å². The zero-order valence-corrected chi connectivity index (χ0v) is 14.1. The van der Waals surface area contributed by atoms with Crippen molar-refractivity contribution >= 4 is 5.91 Å². The lowest BCUT2D eigenvalue weighted by Crippen LogP contribution is -2.54. The molecule has 1 aliphatic rings. The Labute approximate surface area is 132 Å². The predicted molar refractivity (Wildman–Crippen MR) is 85.4 cm³/mol. The van der Waals surface area contributed by atoms with Gasteiger partial charge >= 0.3 is 0 Å². The van der Waals surface area contributed by atoms with Crippen molar-refractivity contribution in [3.63, 3.8) is 0 Å². The Balaban J connectivity index is 1.87. The molecule has 7 heteroatoms. The first-order chi connectivity index (χ1) is 10.5. The maximum absolute atomic E-state index is 12.3. The van der Waals surface area contributed by atoms with E-state index in [4.69, 9.17) is 0 Å². The fourth-order valence-corrected chi connectivity index (χ4v) is 2.83. The van der Waals surface area contributed by atoms with E-state index in [-0.39, 0.29) is 11.9 Å². The second kappa shape index (κ2) is 7.69. The Hall–Kier alpha value is -1.47. The third-order valence-corrected chi connectivity index (χ3v) is 4.47. The predicted octanol–water partition coefficient (Wildman–Crippen LogP) is 0.227. The summed E-state index contributed by atoms with van der Waals surface area (Å²) >= 11 is 0. The average Bonchev–Trinajstić information content (AvgIpc) is 3.02. The molecule has 124 valence electrons. The summed E-state index contributed by atoms with van der Waals surface area (Å²) in [6.45, 7) is 11.3. The van der Waals surface area contributed by atoms with E-state index in [1.54, 1.807) is 11.0 Å². The van der Waals surface area contributed by atoms with E-state index in [0.717, 1.165) is 26.2 Å². The van der Waals surface area contributed by atoms with Crippen LogP contribution in [0.3, 0.4) is 0 Å². The van der Waals surface area contributed by atoms with E-state index in [1.807, 2.05) is 6.92 Å². The second-order valence-electron chi connectivity index (χ2n) is 6.45. The normalized spacial score (nSPS) is 20.0. The molecule has 0 spiro atoms. The molecule has 0 unspecified atom stereocenters. The minimum Gasteiger partial charge on any atom is -0.353 e. The van der Waals surface area contributed by atoms with Crippen LogP contribution in [-0.2, 0) is 4.79 Å². The molecule has 1 aliphatic heterocycles. The fourth-order valence-electron chi connectivity index (χ4n) is 2.83. The summed E-state index contributed by atoms with van der Waals surface area (Å²) in [5.41, 5.74) is 0. The maximum Gasteiger partial charge on any atom is 0.244 e. The highest BCUT2D eigenvalue weighted by Gasteiger charge is 2.26. The minimum atomic E-state index is -0.331. The van der Waals surface area contributed by atoms with E-state index in [0.29, 0.717) is 18.5 Å². The van der Waals surface area contributed by atoms with E-state index < -0.39 is 0 Å². The van der Waals surface area contributed by atoms with Gasteiger partial charge in [0.15, 0.2) is 0 Å². The zero-order chi connectivity index (χ0) is 16.1. The molecule has 2 atom stereocenters. The van der Waals surface area contributed by atoms with Crippen LogP contribution in [0.4, 0.5) is 0 Å². The molecule has 0 saturated carbocycles. The molecular weight excluding hydrogens is 280 g/mol. The molecule has 1 amide bonds. The quantitative estimate of drug-likeness (QED) is 0.815. The summed E-state index contributed by atoms with van der Waals surface area (Å²) in [6, 6.07) is 0.0448. The van der Waals surface area contributed by atoms with Gasteiger partial charge in [-0.3, -0.25) is 9.69 Å². The van der Waals surface area contributed by atoms with Gasteiger partial charge in [0.25, 0.3) is 0 Å². The molecule has 1 aromatic rings. The molecule has 1 N–H and O–H groups in total. The van der Waals surface area contributed by atoms with Crippen molar-refractivity contribution in [2.24, 2.45) is 5.92 Å². The number of likely N-dealkylation sites (N-methyl/N-ethyl adjacent to an activating group) is 1. The Morgan fingerprint density at radius 3 is 2.45 bits per heavy atom. The lowest BCUT2D eigenvalue weighted by atomic mass is 10.0. The van der Waals surface area contributed by atoms with Gasteiger partial charge in [-0.15, -0.1) is 0 Å². The molecule has 2 rings (SSSR count). The van der Waals surface area contributed by atoms with Crippen LogP contribution in [0.15, 0.2) is 12.7 Å². The minimum absolute atomic E-state index is 0.00900. The van der Waals surface area contributed by atoms with Gasteiger partial charge in [-0.2, -0.15) is 5.10 Å². The standard InChI is InChI=1S/C15H28N6O/c1-12(2)14(20-7-5-19(4)6-8-20)9-17-15(22)13(3)21-11-16-10-18-21/h10-14H,5-9H2,1-4H3,(H,17,22)/t13-,14+/m1/s1. The van der Waals surface area contributed by atoms with Gasteiger partial charge in [0.1, 0.15) is 18.7 Å². The van der Waals surface area contributed by atoms with Gasteiger partial charge in [0, 0.05) is 38.8 Å². The van der Waals surface area contributed by atoms with Crippen LogP contribution in [0, 0.1) is 5.92 Å². The Morgan fingerprint density at radius 1 is 1.23 bits per heavy atom. The summed E-state index contributed by atoms with van der Waals surface area (Å²) in [4.78, 5) is 21.0. The van der Waals surface area contributed by atoms with E-state index in [1.165, 1.54) is 6.33 Å². The molecule has 2 heterocycles. The SMILES string of the molecule is CC(C)[C@H](CNC(=O)[C@@H](C)n1cncn1)N1CCN(C)CC1. The lowest BCUT2D eigenvalue weighted by Gasteiger charge is -2.40. The third kappa shape index (κ3) is 4.27. The highest BCUT2D eigenvalue weighted by molar-refractivity contribution is 5.79. The smallest absolute Gasteiger partial charge is 0.244 e. The Kier molecular flexibility index (Phi) is 5.90. The number of piperazine rings is 1. The van der Waals surface area contributed by atoms with Crippen molar-refractivity contribution in [1.29, 1.82) is 0 Å². The monoisotopic (exact) mass is 308 g/mol. The van der Waals surface area contributed by atoms with Gasteiger partial charge in [0.2, 0.25) is 5.91 Å². The van der Waals surface area contributed by atoms with Crippen molar-refractivity contribution in [2.45, 2.75) is 32.9 Å². The second-order valence-corrected chi connectivity index (χ2v) is 6.45. The highest BCUT2D eigenvalue weighted by Crippen LogP contribution is 2.13. The number of hydrogen-bond donors (Lipinski definition) is 1. The van der Waals surface area contributed by atoms with Crippen LogP contribution in [0.1, 0.15) is 26.8 Å². The van der Waals surface area contributed by atoms with Crippen LogP contribution in [0.5, 0.6) is 0 Å². The van der Waals surface area contributed by atoms with Crippen LogP contribution >= 0.6 is 0 Å². The molecule has 7 nitrogen and oxygen atoms in total. The fraction of sp³-hybridized carbons (Fsp3) is 0.800. The number of rotatable bonds is 6. The molecule has 22 heavy (non-hydrogen) atoms. The first kappa shape index (κ1) is 16.9. The number of carbonyl (C=O) groups excluding carboxylic acids is 1. The largest absolute Gasteiger partial charge is 0.353 e. The number of amides is 1. The average molecular weight is 308 g/mol. The van der Waals surface area contributed by atoms with Crippen molar-refractivity contribution in [1.82, 2.24) is 29.9 Å². The molecule has 1 saturated heterocycles. The van der Waals surface area contributed by atoms with Crippen LogP contribution in [-0.4, -0.2) is 76.3 Å². The lowest BCUT2D eigenvalue weighted by molar-refractivity contribution is -0.124. The Morgan fingerprint density at radius 2 is 1.91 bits per heavy atom. The number of nitrogens with zero attached hydrogens (tertiary/aromatic N) is 5. The van der Waals surface area contributed by atoms with Crippen molar-refractivity contribution < 1.29 is 4.79 Å². The van der Waals surface area contributed by atoms with Crippen LogP contribution in [0.25, 0.3) is 0 Å². The van der Waals surface area contributed by atoms with Crippen LogP contribution < -0.4 is 5.32 Å². The number of hydrogen-bond acceptors (Lipinski definition) is 5. The van der Waals surface area contributed by atoms with Crippen molar-refractivity contribution in [2.75, 3.05) is 39.8 Å². The van der Waals surface area contributed by atoms with Crippen LogP contribution in [0.2, 0.25) is 0 Å². The molecule has 0 radical (unpaired) electrons. The van der Waals surface area contributed by atoms with E-state index in [9.17, 15) is 4.79 Å². The third-order valence-electron chi connectivity index (χ3n) is 4.47. The molecule has 1 aromatic heterocycles. The summed E-state index contributed by atoms with van der Waals surface area (Å²) in [5, 5.41) is 7.10. The van der Waals surface area contributed by atoms with Crippen molar-refractivity contribution in [3.05, 3.63) is 12.7 Å². The highest BCUT2D eigenvalue weighted by atomic mass is 16.2. The number of aromatic nitrogens is 3. The zero-order valence-electron chi connectivity index (χ0n) is 14.1. The first-order valence-electron chi connectivity index (χ1n) is 8.03. The summed E-state index contributed by atoms with van der Waals surface area (Å²) < 4.78 is 1.58. The molecule has 0 aromatic carbocycles. The van der Waals surface area contributed by atoms with Crippen molar-refractivity contribution in [3.8, 4) is 0 Å². The first-order valence-corrected chi connectivity index (χ1v) is 8.03. The van der Waals surface area contributed by atoms with E-state index >= 15 is 0 Å². The number of carbonyl (C=O) groups is 1. The Bertz CT molecular complexity index is 453. The molecule has 0 bridgehead atoms. The topological polar surface area (TPSA) is 66.3 Å². The molecule has 0 aliphatic carbocycles. The van der Waals surface area contributed by atoms with Gasteiger partial charge in [-0.1, -0.05) is 13.8 Å². The molecular formula is C15H28N6O. The number of nitrogens with one attached hydrogen (secondary N) is 1. The maximum atomic E-state index is 12.3.